The zero-order valence-electron chi connectivity index (χ0n) is 12.8. The number of hydrogen-bond acceptors (Lipinski definition) is 2. The fraction of sp³-hybridized carbons (Fsp3) is 0.294. The van der Waals surface area contributed by atoms with Gasteiger partial charge in [-0.25, -0.2) is 0 Å². The van der Waals surface area contributed by atoms with Crippen LogP contribution in [0.3, 0.4) is 0 Å². The molecule has 4 N–H and O–H groups in total. The molecule has 21 heavy (non-hydrogen) atoms. The number of anilines is 2. The number of aryl methyl sites for hydroxylation is 2. The van der Waals surface area contributed by atoms with Crippen molar-refractivity contribution in [3.63, 3.8) is 0 Å². The third-order valence-corrected chi connectivity index (χ3v) is 6.25. The molecule has 0 spiro atoms. The van der Waals surface area contributed by atoms with Crippen LogP contribution in [0, 0.1) is 27.7 Å². The van der Waals surface area contributed by atoms with Gasteiger partial charge in [0.2, 0.25) is 0 Å². The van der Waals surface area contributed by atoms with Gasteiger partial charge < -0.3 is 11.5 Å². The molecule has 0 fully saturated rings. The monoisotopic (exact) mass is 410 g/mol. The standard InChI is InChI=1S/C17H20Br2N2/c1-8-5-12(14(18)10(3)16(8)20)7-13-6-9(2)17(21)11(4)15(13)19/h5-6H,7,20-21H2,1-4H3. The van der Waals surface area contributed by atoms with E-state index in [1.165, 1.54) is 11.1 Å². The predicted molar refractivity (Wildman–Crippen MR) is 98.9 cm³/mol. The van der Waals surface area contributed by atoms with Crippen LogP contribution in [0.25, 0.3) is 0 Å². The fourth-order valence-corrected chi connectivity index (χ4v) is 3.51. The van der Waals surface area contributed by atoms with Crippen LogP contribution in [-0.4, -0.2) is 0 Å². The molecule has 0 saturated heterocycles. The number of nitrogens with two attached hydrogens (primary N) is 2. The Balaban J connectivity index is 2.54. The average molecular weight is 412 g/mol. The molecule has 2 nitrogen and oxygen atoms in total. The predicted octanol–water partition coefficient (Wildman–Crippen LogP) is 5.20. The Morgan fingerprint density at radius 3 is 1.43 bits per heavy atom. The second-order valence-corrected chi connectivity index (χ2v) is 7.17. The first-order valence-corrected chi connectivity index (χ1v) is 8.40. The zero-order chi connectivity index (χ0) is 15.9. The highest BCUT2D eigenvalue weighted by Crippen LogP contribution is 2.34. The first kappa shape index (κ1) is 16.4. The molecule has 0 aliphatic carbocycles. The van der Waals surface area contributed by atoms with E-state index < -0.39 is 0 Å². The number of benzene rings is 2. The van der Waals surface area contributed by atoms with Gasteiger partial charge in [-0.3, -0.25) is 0 Å². The van der Waals surface area contributed by atoms with E-state index in [1.54, 1.807) is 0 Å². The summed E-state index contributed by atoms with van der Waals surface area (Å²) >= 11 is 7.36. The second kappa shape index (κ2) is 6.01. The molecule has 2 aromatic carbocycles. The molecule has 0 atom stereocenters. The molecule has 2 aromatic rings. The van der Waals surface area contributed by atoms with E-state index in [0.29, 0.717) is 0 Å². The molecule has 0 aliphatic rings. The van der Waals surface area contributed by atoms with Crippen molar-refractivity contribution in [1.29, 1.82) is 0 Å². The van der Waals surface area contributed by atoms with Gasteiger partial charge in [-0.1, -0.05) is 44.0 Å². The Kier molecular flexibility index (Phi) is 4.69. The third kappa shape index (κ3) is 2.97. The van der Waals surface area contributed by atoms with Crippen LogP contribution in [0.4, 0.5) is 11.4 Å². The maximum absolute atomic E-state index is 6.09. The van der Waals surface area contributed by atoms with Gasteiger partial charge in [0.1, 0.15) is 0 Å². The molecule has 0 bridgehead atoms. The molecule has 0 heterocycles. The van der Waals surface area contributed by atoms with Crippen molar-refractivity contribution in [2.75, 3.05) is 11.5 Å². The van der Waals surface area contributed by atoms with Crippen LogP contribution < -0.4 is 11.5 Å². The average Bonchev–Trinajstić information content (AvgIpc) is 2.45. The maximum Gasteiger partial charge on any atom is 0.0384 e. The lowest BCUT2D eigenvalue weighted by Gasteiger charge is -2.16. The van der Waals surface area contributed by atoms with Gasteiger partial charge in [0.15, 0.2) is 0 Å². The lowest BCUT2D eigenvalue weighted by Crippen LogP contribution is -2.02. The molecule has 0 aromatic heterocycles. The summed E-state index contributed by atoms with van der Waals surface area (Å²) in [5.41, 5.74) is 20.8. The molecular weight excluding hydrogens is 392 g/mol. The van der Waals surface area contributed by atoms with Crippen molar-refractivity contribution in [3.8, 4) is 0 Å². The molecule has 2 rings (SSSR count). The van der Waals surface area contributed by atoms with Crippen molar-refractivity contribution in [1.82, 2.24) is 0 Å². The summed E-state index contributed by atoms with van der Waals surface area (Å²) in [4.78, 5) is 0. The quantitative estimate of drug-likeness (QED) is 0.667. The van der Waals surface area contributed by atoms with Gasteiger partial charge >= 0.3 is 0 Å². The maximum atomic E-state index is 6.09. The smallest absolute Gasteiger partial charge is 0.0384 e. The van der Waals surface area contributed by atoms with Gasteiger partial charge in [-0.05, 0) is 67.5 Å². The lowest BCUT2D eigenvalue weighted by atomic mass is 9.96. The van der Waals surface area contributed by atoms with Crippen molar-refractivity contribution in [2.45, 2.75) is 34.1 Å². The van der Waals surface area contributed by atoms with Crippen LogP contribution in [0.2, 0.25) is 0 Å². The van der Waals surface area contributed by atoms with Crippen molar-refractivity contribution < 1.29 is 0 Å². The highest BCUT2D eigenvalue weighted by Gasteiger charge is 2.14. The Morgan fingerprint density at radius 1 is 0.762 bits per heavy atom. The van der Waals surface area contributed by atoms with Crippen LogP contribution in [0.15, 0.2) is 21.1 Å². The molecule has 0 radical (unpaired) electrons. The molecular formula is C17H20Br2N2. The Labute approximate surface area is 143 Å². The normalized spacial score (nSPS) is 11.0. The largest absolute Gasteiger partial charge is 0.398 e. The van der Waals surface area contributed by atoms with Gasteiger partial charge in [0.05, 0.1) is 0 Å². The minimum atomic E-state index is 0.838. The summed E-state index contributed by atoms with van der Waals surface area (Å²) in [7, 11) is 0. The summed E-state index contributed by atoms with van der Waals surface area (Å²) in [6.45, 7) is 8.19. The Hall–Kier alpha value is -1.00. The summed E-state index contributed by atoms with van der Waals surface area (Å²) in [6, 6.07) is 4.31. The minimum Gasteiger partial charge on any atom is -0.398 e. The van der Waals surface area contributed by atoms with Gasteiger partial charge in [-0.2, -0.15) is 0 Å². The SMILES string of the molecule is Cc1cc(Cc2cc(C)c(N)c(C)c2Br)c(Br)c(C)c1N. The molecule has 0 unspecified atom stereocenters. The van der Waals surface area contributed by atoms with E-state index in [1.807, 2.05) is 27.7 Å². The third-order valence-electron chi connectivity index (χ3n) is 4.04. The first-order valence-electron chi connectivity index (χ1n) is 6.82. The zero-order valence-corrected chi connectivity index (χ0v) is 15.9. The Bertz CT molecular complexity index is 660. The molecule has 0 amide bonds. The van der Waals surface area contributed by atoms with Crippen LogP contribution in [-0.2, 0) is 6.42 Å². The topological polar surface area (TPSA) is 52.0 Å². The van der Waals surface area contributed by atoms with E-state index in [-0.39, 0.29) is 0 Å². The van der Waals surface area contributed by atoms with Gasteiger partial charge in [0.25, 0.3) is 0 Å². The second-order valence-electron chi connectivity index (χ2n) is 5.59. The van der Waals surface area contributed by atoms with Crippen molar-refractivity contribution in [3.05, 3.63) is 54.5 Å². The summed E-state index contributed by atoms with van der Waals surface area (Å²) in [5.74, 6) is 0. The minimum absolute atomic E-state index is 0.838. The number of hydrogen-bond donors (Lipinski definition) is 2. The fourth-order valence-electron chi connectivity index (χ4n) is 2.58. The summed E-state index contributed by atoms with van der Waals surface area (Å²) in [6.07, 6.45) is 0.838. The van der Waals surface area contributed by atoms with Crippen LogP contribution in [0.1, 0.15) is 33.4 Å². The van der Waals surface area contributed by atoms with Gasteiger partial charge in [-0.15, -0.1) is 0 Å². The summed E-state index contributed by atoms with van der Waals surface area (Å²) < 4.78 is 2.18. The van der Waals surface area contributed by atoms with Crippen molar-refractivity contribution >= 4 is 43.2 Å². The van der Waals surface area contributed by atoms with E-state index in [9.17, 15) is 0 Å². The van der Waals surface area contributed by atoms with Crippen LogP contribution >= 0.6 is 31.9 Å². The molecule has 0 saturated carbocycles. The number of nitrogen functional groups attached to an aromatic ring is 2. The van der Waals surface area contributed by atoms with Crippen molar-refractivity contribution in [2.24, 2.45) is 0 Å². The number of halogens is 2. The van der Waals surface area contributed by atoms with Crippen LogP contribution in [0.5, 0.6) is 0 Å². The molecule has 0 aliphatic heterocycles. The first-order chi connectivity index (χ1) is 9.73. The van der Waals surface area contributed by atoms with E-state index in [2.05, 4.69) is 44.0 Å². The highest BCUT2D eigenvalue weighted by molar-refractivity contribution is 9.11. The number of rotatable bonds is 2. The van der Waals surface area contributed by atoms with E-state index in [0.717, 1.165) is 49.0 Å². The molecule has 112 valence electrons. The lowest BCUT2D eigenvalue weighted by molar-refractivity contribution is 1.12. The van der Waals surface area contributed by atoms with E-state index in [4.69, 9.17) is 11.5 Å². The summed E-state index contributed by atoms with van der Waals surface area (Å²) in [5, 5.41) is 0. The van der Waals surface area contributed by atoms with E-state index >= 15 is 0 Å². The molecule has 4 heteroatoms. The van der Waals surface area contributed by atoms with Gasteiger partial charge in [0, 0.05) is 20.3 Å². The highest BCUT2D eigenvalue weighted by atomic mass is 79.9. The Morgan fingerprint density at radius 2 is 1.10 bits per heavy atom.